The molecule has 3 heteroatoms. The van der Waals surface area contributed by atoms with Crippen LogP contribution >= 0.6 is 0 Å². The summed E-state index contributed by atoms with van der Waals surface area (Å²) in [6.07, 6.45) is 3.48. The number of halogens is 1. The van der Waals surface area contributed by atoms with Crippen LogP contribution in [0.4, 0.5) is 10.1 Å². The lowest BCUT2D eigenvalue weighted by Gasteiger charge is -2.37. The molecule has 0 saturated heterocycles. The van der Waals surface area contributed by atoms with Gasteiger partial charge in [0, 0.05) is 13.1 Å². The standard InChI is InChI=1S/C13H16FNO/c1-9(16)13-11(14)7-4-8-12(13)15(2)10-5-3-6-10/h4,7-8,10H,3,5-6H2,1-2H3. The van der Waals surface area contributed by atoms with Gasteiger partial charge >= 0.3 is 0 Å². The Bertz CT molecular complexity index is 412. The Morgan fingerprint density at radius 2 is 2.12 bits per heavy atom. The van der Waals surface area contributed by atoms with Crippen molar-refractivity contribution in [2.45, 2.75) is 32.2 Å². The number of carbonyl (C=O) groups excluding carboxylic acids is 1. The van der Waals surface area contributed by atoms with Gasteiger partial charge in [-0.1, -0.05) is 6.07 Å². The van der Waals surface area contributed by atoms with Crippen LogP contribution in [0.1, 0.15) is 36.5 Å². The van der Waals surface area contributed by atoms with Crippen LogP contribution in [0.2, 0.25) is 0 Å². The third kappa shape index (κ3) is 1.82. The molecule has 1 aromatic rings. The van der Waals surface area contributed by atoms with Crippen molar-refractivity contribution in [3.8, 4) is 0 Å². The van der Waals surface area contributed by atoms with E-state index in [1.54, 1.807) is 6.07 Å². The molecule has 1 fully saturated rings. The first-order valence-electron chi connectivity index (χ1n) is 5.63. The number of carbonyl (C=O) groups is 1. The highest BCUT2D eigenvalue weighted by Crippen LogP contribution is 2.31. The quantitative estimate of drug-likeness (QED) is 0.731. The minimum atomic E-state index is -0.420. The van der Waals surface area contributed by atoms with Crippen LogP contribution in [0.15, 0.2) is 18.2 Å². The zero-order valence-electron chi connectivity index (χ0n) is 9.66. The predicted octanol–water partition coefficient (Wildman–Crippen LogP) is 3.02. The molecule has 0 unspecified atom stereocenters. The van der Waals surface area contributed by atoms with Gasteiger partial charge in [-0.05, 0) is 38.3 Å². The Labute approximate surface area is 95.1 Å². The molecule has 16 heavy (non-hydrogen) atoms. The van der Waals surface area contributed by atoms with Gasteiger partial charge in [-0.25, -0.2) is 4.39 Å². The molecule has 86 valence electrons. The number of Topliss-reactive ketones (excluding diaryl/α,β-unsaturated/α-hetero) is 1. The Morgan fingerprint density at radius 1 is 1.44 bits per heavy atom. The van der Waals surface area contributed by atoms with E-state index in [1.165, 1.54) is 19.4 Å². The highest BCUT2D eigenvalue weighted by Gasteiger charge is 2.25. The summed E-state index contributed by atoms with van der Waals surface area (Å²) in [6.45, 7) is 1.41. The fourth-order valence-corrected chi connectivity index (χ4v) is 2.13. The lowest BCUT2D eigenvalue weighted by atomic mass is 9.91. The zero-order chi connectivity index (χ0) is 11.7. The van der Waals surface area contributed by atoms with Crippen LogP contribution in [0.25, 0.3) is 0 Å². The molecule has 2 rings (SSSR count). The number of ketones is 1. The first kappa shape index (κ1) is 11.1. The van der Waals surface area contributed by atoms with Gasteiger partial charge in [0.15, 0.2) is 5.78 Å². The minimum Gasteiger partial charge on any atom is -0.371 e. The smallest absolute Gasteiger partial charge is 0.164 e. The van der Waals surface area contributed by atoms with Gasteiger partial charge in [-0.3, -0.25) is 4.79 Å². The predicted molar refractivity (Wildman–Crippen MR) is 62.4 cm³/mol. The molecule has 0 N–H and O–H groups in total. The maximum atomic E-state index is 13.6. The summed E-state index contributed by atoms with van der Waals surface area (Å²) in [6, 6.07) is 5.28. The highest BCUT2D eigenvalue weighted by molar-refractivity contribution is 6.00. The summed E-state index contributed by atoms with van der Waals surface area (Å²) in [4.78, 5) is 13.5. The largest absolute Gasteiger partial charge is 0.371 e. The number of benzene rings is 1. The molecule has 1 saturated carbocycles. The second-order valence-corrected chi connectivity index (χ2v) is 4.39. The topological polar surface area (TPSA) is 20.3 Å². The molecule has 0 aromatic heterocycles. The van der Waals surface area contributed by atoms with E-state index in [9.17, 15) is 9.18 Å². The van der Waals surface area contributed by atoms with Gasteiger partial charge in [0.25, 0.3) is 0 Å². The van der Waals surface area contributed by atoms with E-state index >= 15 is 0 Å². The average molecular weight is 221 g/mol. The van der Waals surface area contributed by atoms with Gasteiger partial charge in [0.1, 0.15) is 5.82 Å². The maximum Gasteiger partial charge on any atom is 0.164 e. The first-order chi connectivity index (χ1) is 7.61. The summed E-state index contributed by atoms with van der Waals surface area (Å²) < 4.78 is 13.6. The Balaban J connectivity index is 2.38. The lowest BCUT2D eigenvalue weighted by molar-refractivity contribution is 0.101. The van der Waals surface area contributed by atoms with Crippen LogP contribution in [0.3, 0.4) is 0 Å². The van der Waals surface area contributed by atoms with Crippen molar-refractivity contribution >= 4 is 11.5 Å². The van der Waals surface area contributed by atoms with Crippen molar-refractivity contribution in [1.82, 2.24) is 0 Å². The van der Waals surface area contributed by atoms with E-state index in [4.69, 9.17) is 0 Å². The third-order valence-electron chi connectivity index (χ3n) is 3.35. The fourth-order valence-electron chi connectivity index (χ4n) is 2.13. The number of rotatable bonds is 3. The van der Waals surface area contributed by atoms with E-state index in [1.807, 2.05) is 18.0 Å². The number of hydrogen-bond acceptors (Lipinski definition) is 2. The molecule has 0 heterocycles. The average Bonchev–Trinajstić information content (AvgIpc) is 2.13. The molecule has 0 spiro atoms. The number of anilines is 1. The van der Waals surface area contributed by atoms with Crippen molar-refractivity contribution in [1.29, 1.82) is 0 Å². The fraction of sp³-hybridized carbons (Fsp3) is 0.462. The molecule has 0 radical (unpaired) electrons. The molecule has 0 bridgehead atoms. The molecule has 0 amide bonds. The summed E-state index contributed by atoms with van der Waals surface area (Å²) >= 11 is 0. The highest BCUT2D eigenvalue weighted by atomic mass is 19.1. The van der Waals surface area contributed by atoms with Gasteiger partial charge in [-0.2, -0.15) is 0 Å². The van der Waals surface area contributed by atoms with E-state index in [-0.39, 0.29) is 11.3 Å². The molecular weight excluding hydrogens is 205 g/mol. The van der Waals surface area contributed by atoms with E-state index < -0.39 is 5.82 Å². The molecule has 0 aliphatic heterocycles. The Kier molecular flexibility index (Phi) is 2.95. The second kappa shape index (κ2) is 4.24. The van der Waals surface area contributed by atoms with Crippen molar-refractivity contribution in [3.63, 3.8) is 0 Å². The normalized spacial score (nSPS) is 15.7. The molecule has 1 aliphatic rings. The van der Waals surface area contributed by atoms with Gasteiger partial charge < -0.3 is 4.90 Å². The summed E-state index contributed by atoms with van der Waals surface area (Å²) in [5.41, 5.74) is 0.939. The van der Waals surface area contributed by atoms with E-state index in [0.29, 0.717) is 6.04 Å². The summed E-state index contributed by atoms with van der Waals surface area (Å²) in [5, 5.41) is 0. The maximum absolute atomic E-state index is 13.6. The van der Waals surface area contributed by atoms with E-state index in [0.717, 1.165) is 18.5 Å². The second-order valence-electron chi connectivity index (χ2n) is 4.39. The SMILES string of the molecule is CC(=O)c1c(F)cccc1N(C)C1CCC1. The van der Waals surface area contributed by atoms with Crippen molar-refractivity contribution in [3.05, 3.63) is 29.6 Å². The minimum absolute atomic E-state index is 0.209. The van der Waals surface area contributed by atoms with Gasteiger partial charge in [-0.15, -0.1) is 0 Å². The Hall–Kier alpha value is -1.38. The van der Waals surface area contributed by atoms with Crippen molar-refractivity contribution in [2.24, 2.45) is 0 Å². The van der Waals surface area contributed by atoms with E-state index in [2.05, 4.69) is 0 Å². The molecule has 0 atom stereocenters. The third-order valence-corrected chi connectivity index (χ3v) is 3.35. The molecule has 1 aromatic carbocycles. The van der Waals surface area contributed by atoms with Gasteiger partial charge in [0.05, 0.1) is 11.3 Å². The van der Waals surface area contributed by atoms with Crippen LogP contribution in [-0.2, 0) is 0 Å². The first-order valence-corrected chi connectivity index (χ1v) is 5.63. The van der Waals surface area contributed by atoms with Crippen molar-refractivity contribution in [2.75, 3.05) is 11.9 Å². The van der Waals surface area contributed by atoms with Crippen LogP contribution in [-0.4, -0.2) is 18.9 Å². The summed E-state index contributed by atoms with van der Waals surface area (Å²) in [5.74, 6) is -0.629. The molecule has 1 aliphatic carbocycles. The monoisotopic (exact) mass is 221 g/mol. The van der Waals surface area contributed by atoms with Crippen molar-refractivity contribution < 1.29 is 9.18 Å². The lowest BCUT2D eigenvalue weighted by Crippen LogP contribution is -2.38. The summed E-state index contributed by atoms with van der Waals surface area (Å²) in [7, 11) is 1.94. The van der Waals surface area contributed by atoms with Crippen LogP contribution in [0.5, 0.6) is 0 Å². The molecule has 2 nitrogen and oxygen atoms in total. The number of nitrogens with zero attached hydrogens (tertiary/aromatic N) is 1. The van der Waals surface area contributed by atoms with Gasteiger partial charge in [0.2, 0.25) is 0 Å². The molecular formula is C13H16FNO. The Morgan fingerprint density at radius 3 is 2.62 bits per heavy atom. The van der Waals surface area contributed by atoms with Crippen LogP contribution < -0.4 is 4.90 Å². The number of hydrogen-bond donors (Lipinski definition) is 0. The zero-order valence-corrected chi connectivity index (χ0v) is 9.66. The van der Waals surface area contributed by atoms with Crippen LogP contribution in [0, 0.1) is 5.82 Å².